The van der Waals surface area contributed by atoms with E-state index in [9.17, 15) is 4.79 Å². The Bertz CT molecular complexity index is 1100. The smallest absolute Gasteiger partial charge is 0.299 e. The van der Waals surface area contributed by atoms with Crippen LogP contribution < -0.4 is 10.2 Å². The van der Waals surface area contributed by atoms with E-state index in [1.54, 1.807) is 12.5 Å². The quantitative estimate of drug-likeness (QED) is 0.560. The van der Waals surface area contributed by atoms with Crippen molar-refractivity contribution in [1.82, 2.24) is 15.3 Å². The lowest BCUT2D eigenvalue weighted by Crippen LogP contribution is -2.43. The molecule has 146 valence electrons. The van der Waals surface area contributed by atoms with Crippen molar-refractivity contribution in [3.63, 3.8) is 0 Å². The van der Waals surface area contributed by atoms with Gasteiger partial charge in [0.1, 0.15) is 17.3 Å². The Balaban J connectivity index is 1.28. The average molecular weight is 388 g/mol. The van der Waals surface area contributed by atoms with E-state index in [0.717, 1.165) is 41.7 Å². The van der Waals surface area contributed by atoms with Gasteiger partial charge in [-0.05, 0) is 54.8 Å². The molecule has 7 nitrogen and oxygen atoms in total. The minimum absolute atomic E-state index is 0.0267. The van der Waals surface area contributed by atoms with Crippen LogP contribution in [0.2, 0.25) is 0 Å². The molecule has 4 aromatic rings. The molecule has 7 heteroatoms. The number of pyridine rings is 1. The van der Waals surface area contributed by atoms with Crippen molar-refractivity contribution in [2.24, 2.45) is 0 Å². The van der Waals surface area contributed by atoms with Crippen LogP contribution in [0.3, 0.4) is 0 Å². The summed E-state index contributed by atoms with van der Waals surface area (Å²) in [5, 5.41) is 3.04. The highest BCUT2D eigenvalue weighted by Gasteiger charge is 2.33. The number of carbonyl (C=O) groups is 1. The SMILES string of the molecule is O=C(NCc1ccnc(-c2ccco2)c1)C1CCCN1c1nc2ccccc2o1. The van der Waals surface area contributed by atoms with Gasteiger partial charge in [-0.3, -0.25) is 9.78 Å². The second-order valence-electron chi connectivity index (χ2n) is 7.06. The van der Waals surface area contributed by atoms with Crippen LogP contribution in [0, 0.1) is 0 Å². The molecular formula is C22H20N4O3. The molecule has 1 saturated heterocycles. The number of oxazole rings is 1. The number of benzene rings is 1. The van der Waals surface area contributed by atoms with Gasteiger partial charge in [0.15, 0.2) is 11.3 Å². The molecule has 1 amide bonds. The van der Waals surface area contributed by atoms with Gasteiger partial charge in [-0.1, -0.05) is 12.1 Å². The van der Waals surface area contributed by atoms with Crippen molar-refractivity contribution in [2.45, 2.75) is 25.4 Å². The van der Waals surface area contributed by atoms with Gasteiger partial charge in [0.25, 0.3) is 6.01 Å². The van der Waals surface area contributed by atoms with Crippen LogP contribution in [0.15, 0.2) is 69.8 Å². The third-order valence-electron chi connectivity index (χ3n) is 5.15. The predicted octanol–water partition coefficient (Wildman–Crippen LogP) is 3.77. The van der Waals surface area contributed by atoms with Gasteiger partial charge >= 0.3 is 0 Å². The van der Waals surface area contributed by atoms with E-state index in [1.807, 2.05) is 53.4 Å². The van der Waals surface area contributed by atoms with Gasteiger partial charge in [-0.15, -0.1) is 0 Å². The average Bonchev–Trinajstić information content (AvgIpc) is 3.51. The summed E-state index contributed by atoms with van der Waals surface area (Å²) in [5.41, 5.74) is 3.24. The Hall–Kier alpha value is -3.61. The van der Waals surface area contributed by atoms with E-state index in [0.29, 0.717) is 18.3 Å². The molecule has 1 fully saturated rings. The fourth-order valence-electron chi connectivity index (χ4n) is 3.70. The van der Waals surface area contributed by atoms with Crippen molar-refractivity contribution >= 4 is 23.0 Å². The predicted molar refractivity (Wildman–Crippen MR) is 108 cm³/mol. The highest BCUT2D eigenvalue weighted by atomic mass is 16.4. The summed E-state index contributed by atoms with van der Waals surface area (Å²) >= 11 is 0. The van der Waals surface area contributed by atoms with Gasteiger partial charge in [0.05, 0.1) is 6.26 Å². The number of fused-ring (bicyclic) bond motifs is 1. The standard InChI is InChI=1S/C22H20N4O3/c27-21(24-14-15-9-10-23-17(13-15)19-8-4-12-28-19)18-6-3-11-26(18)22-25-16-5-1-2-7-20(16)29-22/h1-2,4-5,7-10,12-13,18H,3,6,11,14H2,(H,24,27). The lowest BCUT2D eigenvalue weighted by atomic mass is 10.1. The zero-order valence-electron chi connectivity index (χ0n) is 15.7. The minimum Gasteiger partial charge on any atom is -0.463 e. The van der Waals surface area contributed by atoms with E-state index >= 15 is 0 Å². The lowest BCUT2D eigenvalue weighted by molar-refractivity contribution is -0.122. The molecular weight excluding hydrogens is 368 g/mol. The summed E-state index contributed by atoms with van der Waals surface area (Å²) in [6, 6.07) is 15.4. The second kappa shape index (κ2) is 7.43. The molecule has 3 aromatic heterocycles. The van der Waals surface area contributed by atoms with Crippen LogP contribution in [0.4, 0.5) is 6.01 Å². The number of rotatable bonds is 5. The van der Waals surface area contributed by atoms with Gasteiger partial charge in [0.2, 0.25) is 5.91 Å². The van der Waals surface area contributed by atoms with Crippen LogP contribution >= 0.6 is 0 Å². The van der Waals surface area contributed by atoms with Crippen LogP contribution in [0.1, 0.15) is 18.4 Å². The molecule has 5 rings (SSSR count). The van der Waals surface area contributed by atoms with Gasteiger partial charge in [-0.2, -0.15) is 4.98 Å². The van der Waals surface area contributed by atoms with Crippen LogP contribution in [0.25, 0.3) is 22.6 Å². The number of para-hydroxylation sites is 2. The fraction of sp³-hybridized carbons (Fsp3) is 0.227. The number of nitrogens with zero attached hydrogens (tertiary/aromatic N) is 3. The molecule has 0 aliphatic carbocycles. The third-order valence-corrected chi connectivity index (χ3v) is 5.15. The number of furan rings is 1. The third kappa shape index (κ3) is 3.47. The molecule has 1 N–H and O–H groups in total. The largest absolute Gasteiger partial charge is 0.463 e. The molecule has 1 atom stereocenters. The first-order chi connectivity index (χ1) is 14.3. The van der Waals surface area contributed by atoms with Gasteiger partial charge < -0.3 is 19.1 Å². The Morgan fingerprint density at radius 2 is 2.14 bits per heavy atom. The van der Waals surface area contributed by atoms with Crippen LogP contribution in [0.5, 0.6) is 0 Å². The highest BCUT2D eigenvalue weighted by Crippen LogP contribution is 2.28. The first kappa shape index (κ1) is 17.5. The molecule has 0 spiro atoms. The van der Waals surface area contributed by atoms with E-state index in [2.05, 4.69) is 15.3 Å². The summed E-state index contributed by atoms with van der Waals surface area (Å²) in [6.07, 6.45) is 5.04. The fourth-order valence-corrected chi connectivity index (χ4v) is 3.70. The van der Waals surface area contributed by atoms with Crippen LogP contribution in [-0.2, 0) is 11.3 Å². The van der Waals surface area contributed by atoms with Crippen molar-refractivity contribution in [2.75, 3.05) is 11.4 Å². The Morgan fingerprint density at radius 3 is 3.00 bits per heavy atom. The number of anilines is 1. The maximum Gasteiger partial charge on any atom is 0.299 e. The molecule has 1 aromatic carbocycles. The Kier molecular flexibility index (Phi) is 4.48. The van der Waals surface area contributed by atoms with Crippen molar-refractivity contribution in [3.8, 4) is 11.5 Å². The molecule has 4 heterocycles. The Morgan fingerprint density at radius 1 is 1.21 bits per heavy atom. The molecule has 0 saturated carbocycles. The zero-order valence-corrected chi connectivity index (χ0v) is 15.7. The van der Waals surface area contributed by atoms with Crippen molar-refractivity contribution < 1.29 is 13.6 Å². The molecule has 29 heavy (non-hydrogen) atoms. The van der Waals surface area contributed by atoms with Crippen molar-refractivity contribution in [3.05, 3.63) is 66.6 Å². The normalized spacial score (nSPS) is 16.4. The van der Waals surface area contributed by atoms with Crippen molar-refractivity contribution in [1.29, 1.82) is 0 Å². The topological polar surface area (TPSA) is 84.4 Å². The summed E-state index contributed by atoms with van der Waals surface area (Å²) in [6.45, 7) is 1.18. The lowest BCUT2D eigenvalue weighted by Gasteiger charge is -2.22. The summed E-state index contributed by atoms with van der Waals surface area (Å²) in [4.78, 5) is 23.7. The molecule has 0 bridgehead atoms. The Labute approximate surface area is 167 Å². The van der Waals surface area contributed by atoms with Crippen LogP contribution in [-0.4, -0.2) is 28.5 Å². The van der Waals surface area contributed by atoms with Gasteiger partial charge in [-0.25, -0.2) is 0 Å². The molecule has 0 radical (unpaired) electrons. The summed E-state index contributed by atoms with van der Waals surface area (Å²) < 4.78 is 11.3. The summed E-state index contributed by atoms with van der Waals surface area (Å²) in [5.74, 6) is 0.678. The number of carbonyl (C=O) groups excluding carboxylic acids is 1. The molecule has 1 unspecified atom stereocenters. The van der Waals surface area contributed by atoms with E-state index in [-0.39, 0.29) is 11.9 Å². The first-order valence-corrected chi connectivity index (χ1v) is 9.67. The monoisotopic (exact) mass is 388 g/mol. The molecule has 1 aliphatic rings. The molecule has 1 aliphatic heterocycles. The van der Waals surface area contributed by atoms with E-state index in [4.69, 9.17) is 8.83 Å². The highest BCUT2D eigenvalue weighted by molar-refractivity contribution is 5.85. The zero-order chi connectivity index (χ0) is 19.6. The minimum atomic E-state index is -0.283. The number of hydrogen-bond acceptors (Lipinski definition) is 6. The van der Waals surface area contributed by atoms with E-state index in [1.165, 1.54) is 0 Å². The number of aromatic nitrogens is 2. The number of amides is 1. The summed E-state index contributed by atoms with van der Waals surface area (Å²) in [7, 11) is 0. The van der Waals surface area contributed by atoms with E-state index < -0.39 is 0 Å². The number of nitrogens with one attached hydrogen (secondary N) is 1. The second-order valence-corrected chi connectivity index (χ2v) is 7.06. The van der Waals surface area contributed by atoms with Gasteiger partial charge in [0, 0.05) is 19.3 Å². The maximum absolute atomic E-state index is 12.9. The maximum atomic E-state index is 12.9. The first-order valence-electron chi connectivity index (χ1n) is 9.67. The number of hydrogen-bond donors (Lipinski definition) is 1.